The molecule has 0 bridgehead atoms. The maximum absolute atomic E-state index is 12.0. The SMILES string of the molecule is CCOC(=O)c1sc(NC(=O)CCC(C)(C)C)c(C(=O)O)c1C. The molecule has 0 unspecified atom stereocenters. The van der Waals surface area contributed by atoms with Crippen molar-refractivity contribution in [2.75, 3.05) is 11.9 Å². The number of nitrogens with one attached hydrogen (secondary N) is 1. The lowest BCUT2D eigenvalue weighted by Gasteiger charge is -2.17. The standard InChI is InChI=1S/C16H23NO5S/c1-6-22-15(21)12-9(2)11(14(19)20)13(23-12)17-10(18)7-8-16(3,4)5/h6-8H2,1-5H3,(H,17,18)(H,19,20). The van der Waals surface area contributed by atoms with E-state index in [4.69, 9.17) is 4.74 Å². The van der Waals surface area contributed by atoms with Gasteiger partial charge in [-0.15, -0.1) is 11.3 Å². The van der Waals surface area contributed by atoms with Crippen molar-refractivity contribution < 1.29 is 24.2 Å². The topological polar surface area (TPSA) is 92.7 Å². The minimum atomic E-state index is -1.18. The van der Waals surface area contributed by atoms with Crippen molar-refractivity contribution in [2.24, 2.45) is 5.41 Å². The second-order valence-electron chi connectivity index (χ2n) is 6.39. The average Bonchev–Trinajstić information content (AvgIpc) is 2.72. The number of thiophene rings is 1. The van der Waals surface area contributed by atoms with Gasteiger partial charge in [-0.3, -0.25) is 4.79 Å². The predicted octanol–water partition coefficient (Wildman–Crippen LogP) is 3.70. The van der Waals surface area contributed by atoms with Crippen LogP contribution >= 0.6 is 11.3 Å². The summed E-state index contributed by atoms with van der Waals surface area (Å²) in [7, 11) is 0. The summed E-state index contributed by atoms with van der Waals surface area (Å²) in [6.07, 6.45) is 0.963. The second kappa shape index (κ2) is 7.59. The molecule has 0 saturated carbocycles. The van der Waals surface area contributed by atoms with Gasteiger partial charge in [0.1, 0.15) is 9.88 Å². The lowest BCUT2D eigenvalue weighted by molar-refractivity contribution is -0.116. The van der Waals surface area contributed by atoms with Gasteiger partial charge < -0.3 is 15.2 Å². The maximum Gasteiger partial charge on any atom is 0.348 e. The van der Waals surface area contributed by atoms with Gasteiger partial charge >= 0.3 is 11.9 Å². The van der Waals surface area contributed by atoms with Crippen molar-refractivity contribution in [3.8, 4) is 0 Å². The Morgan fingerprint density at radius 3 is 2.35 bits per heavy atom. The van der Waals surface area contributed by atoms with Crippen LogP contribution in [0.25, 0.3) is 0 Å². The summed E-state index contributed by atoms with van der Waals surface area (Å²) in [5.41, 5.74) is 0.267. The number of hydrogen-bond donors (Lipinski definition) is 2. The summed E-state index contributed by atoms with van der Waals surface area (Å²) < 4.78 is 4.92. The van der Waals surface area contributed by atoms with Crippen LogP contribution in [0.1, 0.15) is 66.1 Å². The number of carboxylic acid groups (broad SMARTS) is 1. The van der Waals surface area contributed by atoms with E-state index in [0.29, 0.717) is 12.0 Å². The lowest BCUT2D eigenvalue weighted by atomic mass is 9.90. The lowest BCUT2D eigenvalue weighted by Crippen LogP contribution is -2.16. The molecule has 1 heterocycles. The van der Waals surface area contributed by atoms with E-state index in [1.165, 1.54) is 6.92 Å². The second-order valence-corrected chi connectivity index (χ2v) is 7.42. The summed E-state index contributed by atoms with van der Waals surface area (Å²) in [4.78, 5) is 35.6. The Hall–Kier alpha value is -1.89. The summed E-state index contributed by atoms with van der Waals surface area (Å²) in [6, 6.07) is 0. The third kappa shape index (κ3) is 5.35. The van der Waals surface area contributed by atoms with E-state index in [2.05, 4.69) is 5.32 Å². The number of carbonyl (C=O) groups is 3. The number of anilines is 1. The third-order valence-electron chi connectivity index (χ3n) is 3.18. The normalized spacial score (nSPS) is 11.2. The molecule has 6 nitrogen and oxygen atoms in total. The van der Waals surface area contributed by atoms with Gasteiger partial charge in [-0.1, -0.05) is 20.8 Å². The number of carbonyl (C=O) groups excluding carboxylic acids is 2. The molecule has 1 rings (SSSR count). The van der Waals surface area contributed by atoms with Crippen LogP contribution < -0.4 is 5.32 Å². The molecule has 0 aliphatic heterocycles. The summed E-state index contributed by atoms with van der Waals surface area (Å²) >= 11 is 0.937. The number of esters is 1. The van der Waals surface area contributed by atoms with Crippen LogP contribution in [0.4, 0.5) is 5.00 Å². The average molecular weight is 341 g/mol. The van der Waals surface area contributed by atoms with Gasteiger partial charge in [0, 0.05) is 6.42 Å². The Kier molecular flexibility index (Phi) is 6.32. The molecule has 0 aliphatic rings. The fourth-order valence-electron chi connectivity index (χ4n) is 1.93. The summed E-state index contributed by atoms with van der Waals surface area (Å²) in [5, 5.41) is 12.1. The van der Waals surface area contributed by atoms with Crippen molar-refractivity contribution in [2.45, 2.75) is 47.5 Å². The monoisotopic (exact) mass is 341 g/mol. The van der Waals surface area contributed by atoms with Gasteiger partial charge in [0.15, 0.2) is 0 Å². The van der Waals surface area contributed by atoms with E-state index in [9.17, 15) is 19.5 Å². The largest absolute Gasteiger partial charge is 0.478 e. The van der Waals surface area contributed by atoms with E-state index < -0.39 is 11.9 Å². The Bertz CT molecular complexity index is 613. The molecule has 2 N–H and O–H groups in total. The van der Waals surface area contributed by atoms with Crippen molar-refractivity contribution in [3.63, 3.8) is 0 Å². The highest BCUT2D eigenvalue weighted by Crippen LogP contribution is 2.34. The highest BCUT2D eigenvalue weighted by Gasteiger charge is 2.26. The van der Waals surface area contributed by atoms with Gasteiger partial charge in [-0.2, -0.15) is 0 Å². The fourth-order valence-corrected chi connectivity index (χ4v) is 3.04. The van der Waals surface area contributed by atoms with Crippen molar-refractivity contribution in [1.82, 2.24) is 0 Å². The summed E-state index contributed by atoms with van der Waals surface area (Å²) in [6.45, 7) is 9.49. The number of aromatic carboxylic acids is 1. The van der Waals surface area contributed by atoms with Crippen LogP contribution in [0.2, 0.25) is 0 Å². The Balaban J connectivity index is 3.01. The quantitative estimate of drug-likeness (QED) is 0.770. The fraction of sp³-hybridized carbons (Fsp3) is 0.562. The van der Waals surface area contributed by atoms with Crippen molar-refractivity contribution in [3.05, 3.63) is 16.0 Å². The number of rotatable bonds is 6. The number of ether oxygens (including phenoxy) is 1. The number of carboxylic acids is 1. The molecule has 1 aromatic heterocycles. The van der Waals surface area contributed by atoms with Crippen LogP contribution in [-0.2, 0) is 9.53 Å². The van der Waals surface area contributed by atoms with Gasteiger partial charge in [-0.05, 0) is 31.2 Å². The first kappa shape index (κ1) is 19.2. The molecule has 7 heteroatoms. The van der Waals surface area contributed by atoms with E-state index in [1.54, 1.807) is 6.92 Å². The van der Waals surface area contributed by atoms with Gasteiger partial charge in [0.25, 0.3) is 0 Å². The van der Waals surface area contributed by atoms with Gasteiger partial charge in [-0.25, -0.2) is 9.59 Å². The third-order valence-corrected chi connectivity index (χ3v) is 4.36. The number of amides is 1. The van der Waals surface area contributed by atoms with Gasteiger partial charge in [0.05, 0.1) is 12.2 Å². The predicted molar refractivity (Wildman–Crippen MR) is 89.3 cm³/mol. The Morgan fingerprint density at radius 2 is 1.87 bits per heavy atom. The van der Waals surface area contributed by atoms with Crippen molar-refractivity contribution >= 4 is 34.2 Å². The molecule has 1 amide bonds. The molecular formula is C16H23NO5S. The van der Waals surface area contributed by atoms with Gasteiger partial charge in [0.2, 0.25) is 5.91 Å². The van der Waals surface area contributed by atoms with Crippen LogP contribution in [-0.4, -0.2) is 29.6 Å². The molecule has 128 valence electrons. The van der Waals surface area contributed by atoms with Crippen molar-refractivity contribution in [1.29, 1.82) is 0 Å². The zero-order valence-corrected chi connectivity index (χ0v) is 14.9. The van der Waals surface area contributed by atoms with E-state index in [1.807, 2.05) is 20.8 Å². The molecule has 0 fully saturated rings. The maximum atomic E-state index is 12.0. The highest BCUT2D eigenvalue weighted by molar-refractivity contribution is 7.18. The van der Waals surface area contributed by atoms with Crippen LogP contribution in [0.15, 0.2) is 0 Å². The highest BCUT2D eigenvalue weighted by atomic mass is 32.1. The molecule has 0 atom stereocenters. The molecule has 23 heavy (non-hydrogen) atoms. The van der Waals surface area contributed by atoms with E-state index in [-0.39, 0.29) is 39.8 Å². The molecule has 0 aliphatic carbocycles. The molecule has 1 aromatic rings. The minimum absolute atomic E-state index is 0.00836. The Labute approximate surface area is 139 Å². The molecular weight excluding hydrogens is 318 g/mol. The van der Waals surface area contributed by atoms with Crippen LogP contribution in [0.3, 0.4) is 0 Å². The van der Waals surface area contributed by atoms with Crippen LogP contribution in [0.5, 0.6) is 0 Å². The van der Waals surface area contributed by atoms with Crippen LogP contribution in [0, 0.1) is 12.3 Å². The smallest absolute Gasteiger partial charge is 0.348 e. The first-order valence-electron chi connectivity index (χ1n) is 7.40. The zero-order valence-electron chi connectivity index (χ0n) is 14.1. The molecule has 0 saturated heterocycles. The minimum Gasteiger partial charge on any atom is -0.478 e. The molecule has 0 spiro atoms. The number of hydrogen-bond acceptors (Lipinski definition) is 5. The summed E-state index contributed by atoms with van der Waals surface area (Å²) in [5.74, 6) is -2.02. The first-order valence-corrected chi connectivity index (χ1v) is 8.22. The molecule has 0 radical (unpaired) electrons. The molecule has 0 aromatic carbocycles. The first-order chi connectivity index (χ1) is 10.6. The van der Waals surface area contributed by atoms with E-state index in [0.717, 1.165) is 11.3 Å². The van der Waals surface area contributed by atoms with E-state index >= 15 is 0 Å². The Morgan fingerprint density at radius 1 is 1.26 bits per heavy atom. The zero-order chi connectivity index (χ0) is 17.8.